The first kappa shape index (κ1) is 12.4. The second-order valence-electron chi connectivity index (χ2n) is 4.70. The van der Waals surface area contributed by atoms with Gasteiger partial charge in [-0.1, -0.05) is 23.7 Å². The third-order valence-electron chi connectivity index (χ3n) is 3.41. The van der Waals surface area contributed by atoms with Gasteiger partial charge in [0.25, 0.3) is 0 Å². The molecule has 0 saturated carbocycles. The Kier molecular flexibility index (Phi) is 3.34. The zero-order chi connectivity index (χ0) is 13.2. The van der Waals surface area contributed by atoms with Gasteiger partial charge in [-0.2, -0.15) is 0 Å². The third-order valence-corrected chi connectivity index (χ3v) is 3.65. The lowest BCUT2D eigenvalue weighted by atomic mass is 10.0. The first-order chi connectivity index (χ1) is 9.26. The van der Waals surface area contributed by atoms with Crippen LogP contribution >= 0.6 is 11.6 Å². The minimum atomic E-state index is 0.323. The van der Waals surface area contributed by atoms with Gasteiger partial charge in [0.2, 0.25) is 0 Å². The van der Waals surface area contributed by atoms with E-state index in [0.29, 0.717) is 12.6 Å². The molecule has 0 bridgehead atoms. The fraction of sp³-hybridized carbons (Fsp3) is 0.250. The molecule has 1 atom stereocenters. The molecule has 0 aliphatic carbocycles. The third kappa shape index (κ3) is 2.54. The molecular formula is C16H16ClNO. The first-order valence-electron chi connectivity index (χ1n) is 6.54. The fourth-order valence-corrected chi connectivity index (χ4v) is 2.69. The molecule has 2 aromatic rings. The highest BCUT2D eigenvalue weighted by molar-refractivity contribution is 6.30. The Morgan fingerprint density at radius 3 is 2.74 bits per heavy atom. The maximum atomic E-state index is 6.03. The van der Waals surface area contributed by atoms with E-state index in [2.05, 4.69) is 17.4 Å². The van der Waals surface area contributed by atoms with Gasteiger partial charge in [-0.3, -0.25) is 0 Å². The minimum absolute atomic E-state index is 0.323. The van der Waals surface area contributed by atoms with E-state index in [1.54, 1.807) is 0 Å². The van der Waals surface area contributed by atoms with Gasteiger partial charge in [-0.15, -0.1) is 0 Å². The van der Waals surface area contributed by atoms with Gasteiger partial charge in [-0.25, -0.2) is 0 Å². The summed E-state index contributed by atoms with van der Waals surface area (Å²) >= 11 is 6.03. The van der Waals surface area contributed by atoms with Crippen molar-refractivity contribution in [2.45, 2.75) is 19.4 Å². The lowest BCUT2D eigenvalue weighted by molar-refractivity contribution is 0.340. The first-order valence-corrected chi connectivity index (χ1v) is 6.92. The molecule has 1 N–H and O–H groups in total. The normalized spacial score (nSPS) is 16.8. The second-order valence-corrected chi connectivity index (χ2v) is 5.14. The summed E-state index contributed by atoms with van der Waals surface area (Å²) in [5.74, 6) is 0.921. The van der Waals surface area contributed by atoms with Crippen molar-refractivity contribution in [3.63, 3.8) is 0 Å². The van der Waals surface area contributed by atoms with Crippen LogP contribution in [0.4, 0.5) is 5.69 Å². The molecule has 1 heterocycles. The lowest BCUT2D eigenvalue weighted by Gasteiger charge is -2.12. The summed E-state index contributed by atoms with van der Waals surface area (Å²) in [5.41, 5.74) is 3.74. The number of ether oxygens (including phenoxy) is 1. The molecule has 1 aliphatic heterocycles. The zero-order valence-corrected chi connectivity index (χ0v) is 11.6. The molecule has 0 radical (unpaired) electrons. The Balaban J connectivity index is 1.78. The molecule has 1 unspecified atom stereocenters. The Morgan fingerprint density at radius 2 is 2.00 bits per heavy atom. The number of anilines is 1. The van der Waals surface area contributed by atoms with Crippen molar-refractivity contribution in [3.8, 4) is 5.75 Å². The predicted octanol–water partition coefficient (Wildman–Crippen LogP) is 4.45. The molecule has 1 aliphatic rings. The summed E-state index contributed by atoms with van der Waals surface area (Å²) in [7, 11) is 0. The highest BCUT2D eigenvalue weighted by Gasteiger charge is 2.21. The molecular weight excluding hydrogens is 258 g/mol. The number of halogens is 1. The quantitative estimate of drug-likeness (QED) is 0.892. The lowest BCUT2D eigenvalue weighted by Crippen LogP contribution is -2.05. The van der Waals surface area contributed by atoms with Crippen LogP contribution in [0.1, 0.15) is 24.1 Å². The standard InChI is InChI=1S/C16H16ClNO/c1-2-19-14-6-3-11(4-7-14)16-10-12-9-13(17)5-8-15(12)18-16/h3-9,16,18H,2,10H2,1H3. The fourth-order valence-electron chi connectivity index (χ4n) is 2.49. The van der Waals surface area contributed by atoms with Crippen LogP contribution in [-0.4, -0.2) is 6.61 Å². The van der Waals surface area contributed by atoms with Gasteiger partial charge in [0.1, 0.15) is 5.75 Å². The van der Waals surface area contributed by atoms with Crippen molar-refractivity contribution in [1.29, 1.82) is 0 Å². The monoisotopic (exact) mass is 273 g/mol. The van der Waals surface area contributed by atoms with Crippen LogP contribution in [0, 0.1) is 0 Å². The molecule has 2 aromatic carbocycles. The molecule has 0 fully saturated rings. The molecule has 2 nitrogen and oxygen atoms in total. The van der Waals surface area contributed by atoms with Gasteiger partial charge in [0.05, 0.1) is 12.6 Å². The summed E-state index contributed by atoms with van der Waals surface area (Å²) in [5, 5.41) is 4.33. The molecule has 19 heavy (non-hydrogen) atoms. The largest absolute Gasteiger partial charge is 0.494 e. The summed E-state index contributed by atoms with van der Waals surface area (Å²) < 4.78 is 5.46. The van der Waals surface area contributed by atoms with Crippen LogP contribution in [0.25, 0.3) is 0 Å². The Hall–Kier alpha value is -1.67. The molecule has 0 spiro atoms. The predicted molar refractivity (Wildman–Crippen MR) is 79.1 cm³/mol. The van der Waals surface area contributed by atoms with Gasteiger partial charge in [-0.05, 0) is 54.8 Å². The van der Waals surface area contributed by atoms with Crippen molar-refractivity contribution in [2.75, 3.05) is 11.9 Å². The smallest absolute Gasteiger partial charge is 0.119 e. The highest BCUT2D eigenvalue weighted by Crippen LogP contribution is 2.35. The number of rotatable bonds is 3. The van der Waals surface area contributed by atoms with E-state index in [1.165, 1.54) is 16.8 Å². The van der Waals surface area contributed by atoms with E-state index < -0.39 is 0 Å². The SMILES string of the molecule is CCOc1ccc(C2Cc3cc(Cl)ccc3N2)cc1. The van der Waals surface area contributed by atoms with E-state index in [9.17, 15) is 0 Å². The van der Waals surface area contributed by atoms with E-state index >= 15 is 0 Å². The average molecular weight is 274 g/mol. The van der Waals surface area contributed by atoms with E-state index in [1.807, 2.05) is 37.3 Å². The number of hydrogen-bond donors (Lipinski definition) is 1. The summed E-state index contributed by atoms with van der Waals surface area (Å²) in [4.78, 5) is 0. The van der Waals surface area contributed by atoms with Crippen LogP contribution in [0.3, 0.4) is 0 Å². The van der Waals surface area contributed by atoms with Crippen molar-refractivity contribution in [2.24, 2.45) is 0 Å². The molecule has 98 valence electrons. The van der Waals surface area contributed by atoms with Crippen LogP contribution in [0.15, 0.2) is 42.5 Å². The number of fused-ring (bicyclic) bond motifs is 1. The van der Waals surface area contributed by atoms with Crippen LogP contribution in [-0.2, 0) is 6.42 Å². The Morgan fingerprint density at radius 1 is 1.21 bits per heavy atom. The summed E-state index contributed by atoms with van der Waals surface area (Å²) in [6.07, 6.45) is 0.976. The molecule has 0 aromatic heterocycles. The van der Waals surface area contributed by atoms with Crippen molar-refractivity contribution < 1.29 is 4.74 Å². The number of benzene rings is 2. The summed E-state index contributed by atoms with van der Waals surface area (Å²) in [6.45, 7) is 2.69. The number of hydrogen-bond acceptors (Lipinski definition) is 2. The Bertz CT molecular complexity index is 580. The molecule has 0 saturated heterocycles. The van der Waals surface area contributed by atoms with E-state index in [0.717, 1.165) is 17.2 Å². The maximum Gasteiger partial charge on any atom is 0.119 e. The summed E-state index contributed by atoms with van der Waals surface area (Å²) in [6, 6.07) is 14.6. The topological polar surface area (TPSA) is 21.3 Å². The average Bonchev–Trinajstić information content (AvgIpc) is 2.83. The molecule has 3 heteroatoms. The molecule has 0 amide bonds. The van der Waals surface area contributed by atoms with Gasteiger partial charge >= 0.3 is 0 Å². The van der Waals surface area contributed by atoms with Crippen molar-refractivity contribution >= 4 is 17.3 Å². The van der Waals surface area contributed by atoms with Crippen LogP contribution in [0.2, 0.25) is 5.02 Å². The second kappa shape index (κ2) is 5.14. The van der Waals surface area contributed by atoms with Gasteiger partial charge in [0.15, 0.2) is 0 Å². The van der Waals surface area contributed by atoms with Gasteiger partial charge in [0, 0.05) is 10.7 Å². The van der Waals surface area contributed by atoms with Crippen LogP contribution < -0.4 is 10.1 Å². The zero-order valence-electron chi connectivity index (χ0n) is 10.8. The van der Waals surface area contributed by atoms with E-state index in [-0.39, 0.29) is 0 Å². The maximum absolute atomic E-state index is 6.03. The Labute approximate surface area is 118 Å². The highest BCUT2D eigenvalue weighted by atomic mass is 35.5. The molecule has 3 rings (SSSR count). The van der Waals surface area contributed by atoms with Gasteiger partial charge < -0.3 is 10.1 Å². The van der Waals surface area contributed by atoms with Crippen molar-refractivity contribution in [1.82, 2.24) is 0 Å². The van der Waals surface area contributed by atoms with E-state index in [4.69, 9.17) is 16.3 Å². The van der Waals surface area contributed by atoms with Crippen molar-refractivity contribution in [3.05, 3.63) is 58.6 Å². The minimum Gasteiger partial charge on any atom is -0.494 e. The van der Waals surface area contributed by atoms with Crippen LogP contribution in [0.5, 0.6) is 5.75 Å². The number of nitrogens with one attached hydrogen (secondary N) is 1.